The van der Waals surface area contributed by atoms with Gasteiger partial charge in [-0.25, -0.2) is 0 Å². The van der Waals surface area contributed by atoms with Gasteiger partial charge in [-0.3, -0.25) is 9.69 Å². The van der Waals surface area contributed by atoms with Crippen LogP contribution >= 0.6 is 23.2 Å². The van der Waals surface area contributed by atoms with Crippen LogP contribution in [0.5, 0.6) is 11.5 Å². The molecule has 0 saturated carbocycles. The minimum absolute atomic E-state index is 0.121. The van der Waals surface area contributed by atoms with E-state index in [-0.39, 0.29) is 24.2 Å². The van der Waals surface area contributed by atoms with Crippen LogP contribution in [-0.2, 0) is 29.0 Å². The van der Waals surface area contributed by atoms with Gasteiger partial charge in [-0.1, -0.05) is 54.4 Å². The van der Waals surface area contributed by atoms with Crippen molar-refractivity contribution in [2.24, 2.45) is 0 Å². The highest BCUT2D eigenvalue weighted by Gasteiger charge is 2.29. The van der Waals surface area contributed by atoms with E-state index in [9.17, 15) is 4.79 Å². The molecule has 0 aliphatic carbocycles. The molecule has 0 fully saturated rings. The number of halogens is 2. The minimum atomic E-state index is -0.313. The van der Waals surface area contributed by atoms with Gasteiger partial charge in [0.2, 0.25) is 0 Å². The summed E-state index contributed by atoms with van der Waals surface area (Å²) < 4.78 is 17.8. The van der Waals surface area contributed by atoms with Gasteiger partial charge in [-0.15, -0.1) is 0 Å². The number of rotatable bonds is 6. The molecule has 2 aliphatic rings. The van der Waals surface area contributed by atoms with E-state index >= 15 is 0 Å². The van der Waals surface area contributed by atoms with Crippen LogP contribution in [0, 0.1) is 0 Å². The third kappa shape index (κ3) is 5.79. The highest BCUT2D eigenvalue weighted by atomic mass is 35.5. The Labute approximate surface area is 233 Å². The van der Waals surface area contributed by atoms with E-state index in [4.69, 9.17) is 37.4 Å². The Hall–Kier alpha value is -2.77. The van der Waals surface area contributed by atoms with Gasteiger partial charge in [0.25, 0.3) is 0 Å². The average Bonchev–Trinajstić information content (AvgIpc) is 3.09. The Morgan fingerprint density at radius 3 is 2.58 bits per heavy atom. The highest BCUT2D eigenvalue weighted by Crippen LogP contribution is 2.36. The van der Waals surface area contributed by atoms with Gasteiger partial charge < -0.3 is 19.5 Å². The maximum Gasteiger partial charge on any atom is 0.323 e. The van der Waals surface area contributed by atoms with E-state index < -0.39 is 0 Å². The summed E-state index contributed by atoms with van der Waals surface area (Å²) in [5, 5.41) is 4.33. The number of carbonyl (C=O) groups is 1. The fourth-order valence-electron chi connectivity index (χ4n) is 5.17. The molecule has 200 valence electrons. The van der Waals surface area contributed by atoms with E-state index in [1.807, 2.05) is 24.3 Å². The standard InChI is InChI=1S/C30H32Cl2N2O4/c1-4-27(19-7-10-24(31)25(32)12-19)37-23-8-5-18(6-9-23)29-17-34(2)16-22-11-20-13-26(30(35)36-3)33-15-21(20)14-28(22)38-29/h5-12,14,26-27,29,33H,4,13,15-17H2,1-3H3/t26-,27-,29+/m0/s1. The number of nitrogens with one attached hydrogen (secondary N) is 1. The lowest BCUT2D eigenvalue weighted by Gasteiger charge is -2.26. The van der Waals surface area contributed by atoms with Crippen LogP contribution in [-0.4, -0.2) is 37.6 Å². The van der Waals surface area contributed by atoms with Crippen LogP contribution in [0.1, 0.15) is 53.4 Å². The number of ether oxygens (including phenoxy) is 3. The molecule has 0 bridgehead atoms. The molecule has 0 unspecified atom stereocenters. The normalized spacial score (nSPS) is 19.9. The number of hydrogen-bond acceptors (Lipinski definition) is 6. The molecule has 38 heavy (non-hydrogen) atoms. The number of fused-ring (bicyclic) bond motifs is 2. The quantitative estimate of drug-likeness (QED) is 0.362. The van der Waals surface area contributed by atoms with Gasteiger partial charge in [0.05, 0.1) is 17.2 Å². The van der Waals surface area contributed by atoms with Gasteiger partial charge >= 0.3 is 5.97 Å². The zero-order chi connectivity index (χ0) is 26.8. The summed E-state index contributed by atoms with van der Waals surface area (Å²) in [6.07, 6.45) is 1.17. The number of methoxy groups -OCH3 is 1. The van der Waals surface area contributed by atoms with E-state index in [0.717, 1.165) is 53.3 Å². The van der Waals surface area contributed by atoms with Crippen LogP contribution in [0.15, 0.2) is 54.6 Å². The number of benzene rings is 3. The van der Waals surface area contributed by atoms with Crippen molar-refractivity contribution in [1.82, 2.24) is 10.2 Å². The smallest absolute Gasteiger partial charge is 0.323 e. The molecular weight excluding hydrogens is 523 g/mol. The van der Waals surface area contributed by atoms with Crippen molar-refractivity contribution >= 4 is 29.2 Å². The van der Waals surface area contributed by atoms with Crippen molar-refractivity contribution in [2.75, 3.05) is 20.7 Å². The molecule has 3 aromatic rings. The second kappa shape index (κ2) is 11.5. The van der Waals surface area contributed by atoms with Crippen LogP contribution in [0.25, 0.3) is 0 Å². The van der Waals surface area contributed by atoms with Crippen molar-refractivity contribution in [1.29, 1.82) is 0 Å². The Morgan fingerprint density at radius 2 is 1.87 bits per heavy atom. The molecule has 6 nitrogen and oxygen atoms in total. The fourth-order valence-corrected chi connectivity index (χ4v) is 5.47. The second-order valence-electron chi connectivity index (χ2n) is 9.95. The molecule has 3 atom stereocenters. The Morgan fingerprint density at radius 1 is 1.08 bits per heavy atom. The lowest BCUT2D eigenvalue weighted by molar-refractivity contribution is -0.143. The van der Waals surface area contributed by atoms with Gasteiger partial charge in [-0.2, -0.15) is 0 Å². The number of hydrogen-bond donors (Lipinski definition) is 1. The van der Waals surface area contributed by atoms with E-state index in [0.29, 0.717) is 23.0 Å². The molecular formula is C30H32Cl2N2O4. The number of carbonyl (C=O) groups excluding carboxylic acids is 1. The molecule has 5 rings (SSSR count). The summed E-state index contributed by atoms with van der Waals surface area (Å²) in [4.78, 5) is 14.3. The second-order valence-corrected chi connectivity index (χ2v) is 10.8. The molecule has 8 heteroatoms. The summed E-state index contributed by atoms with van der Waals surface area (Å²) in [7, 11) is 3.53. The first-order valence-electron chi connectivity index (χ1n) is 12.9. The lowest BCUT2D eigenvalue weighted by Crippen LogP contribution is -2.42. The number of esters is 1. The SMILES string of the molecule is CC[C@H](Oc1ccc([C@H]2CN(C)Cc3cc4c(cc3O2)CN[C@H](C(=O)OC)C4)cc1)c1ccc(Cl)c(Cl)c1. The summed E-state index contributed by atoms with van der Waals surface area (Å²) >= 11 is 12.3. The topological polar surface area (TPSA) is 60.0 Å². The molecule has 0 saturated heterocycles. The van der Waals surface area contributed by atoms with Crippen LogP contribution in [0.2, 0.25) is 10.0 Å². The molecule has 2 aliphatic heterocycles. The van der Waals surface area contributed by atoms with Gasteiger partial charge in [-0.05, 0) is 72.5 Å². The monoisotopic (exact) mass is 554 g/mol. The zero-order valence-corrected chi connectivity index (χ0v) is 23.3. The maximum atomic E-state index is 12.0. The summed E-state index contributed by atoms with van der Waals surface area (Å²) in [5.74, 6) is 1.45. The molecule has 0 radical (unpaired) electrons. The summed E-state index contributed by atoms with van der Waals surface area (Å²) in [6.45, 7) is 4.22. The van der Waals surface area contributed by atoms with Crippen molar-refractivity contribution in [3.63, 3.8) is 0 Å². The van der Waals surface area contributed by atoms with Gasteiger partial charge in [0, 0.05) is 25.2 Å². The van der Waals surface area contributed by atoms with Crippen molar-refractivity contribution in [3.05, 3.63) is 92.5 Å². The maximum absolute atomic E-state index is 12.0. The Balaban J connectivity index is 1.32. The average molecular weight is 556 g/mol. The van der Waals surface area contributed by atoms with Crippen molar-refractivity contribution in [2.45, 2.75) is 51.1 Å². The van der Waals surface area contributed by atoms with E-state index in [2.05, 4.69) is 48.5 Å². The zero-order valence-electron chi connectivity index (χ0n) is 21.8. The summed E-state index contributed by atoms with van der Waals surface area (Å²) in [5.41, 5.74) is 5.53. The molecule has 2 heterocycles. The lowest BCUT2D eigenvalue weighted by atomic mass is 9.93. The molecule has 0 amide bonds. The Bertz CT molecular complexity index is 1310. The van der Waals surface area contributed by atoms with Crippen molar-refractivity contribution < 1.29 is 19.0 Å². The molecule has 0 aromatic heterocycles. The van der Waals surface area contributed by atoms with Crippen LogP contribution in [0.4, 0.5) is 0 Å². The largest absolute Gasteiger partial charge is 0.486 e. The molecule has 0 spiro atoms. The first-order chi connectivity index (χ1) is 18.3. The van der Waals surface area contributed by atoms with Crippen molar-refractivity contribution in [3.8, 4) is 11.5 Å². The number of nitrogens with zero attached hydrogens (tertiary/aromatic N) is 1. The van der Waals surface area contributed by atoms with Gasteiger partial charge in [0.15, 0.2) is 0 Å². The highest BCUT2D eigenvalue weighted by molar-refractivity contribution is 6.42. The molecule has 3 aromatic carbocycles. The van der Waals surface area contributed by atoms with E-state index in [1.165, 1.54) is 12.7 Å². The third-order valence-electron chi connectivity index (χ3n) is 7.23. The first kappa shape index (κ1) is 26.8. The predicted molar refractivity (Wildman–Crippen MR) is 149 cm³/mol. The fraction of sp³-hybridized carbons (Fsp3) is 0.367. The summed E-state index contributed by atoms with van der Waals surface area (Å²) in [6, 6.07) is 17.7. The molecule has 1 N–H and O–H groups in total. The van der Waals surface area contributed by atoms with E-state index in [1.54, 1.807) is 6.07 Å². The van der Waals surface area contributed by atoms with Gasteiger partial charge in [0.1, 0.15) is 29.7 Å². The first-order valence-corrected chi connectivity index (χ1v) is 13.6. The number of likely N-dealkylation sites (N-methyl/N-ethyl adjacent to an activating group) is 1. The third-order valence-corrected chi connectivity index (χ3v) is 7.97. The minimum Gasteiger partial charge on any atom is -0.486 e. The predicted octanol–water partition coefficient (Wildman–Crippen LogP) is 6.28. The Kier molecular flexibility index (Phi) is 8.15. The van der Waals surface area contributed by atoms with Crippen LogP contribution in [0.3, 0.4) is 0 Å². The van der Waals surface area contributed by atoms with Crippen LogP contribution < -0.4 is 14.8 Å².